The van der Waals surface area contributed by atoms with E-state index < -0.39 is 0 Å². The van der Waals surface area contributed by atoms with Gasteiger partial charge < -0.3 is 9.73 Å². The van der Waals surface area contributed by atoms with E-state index in [4.69, 9.17) is 4.42 Å². The lowest BCUT2D eigenvalue weighted by atomic mass is 10.1. The van der Waals surface area contributed by atoms with Crippen LogP contribution >= 0.6 is 0 Å². The van der Waals surface area contributed by atoms with E-state index in [1.54, 1.807) is 0 Å². The number of fused-ring (bicyclic) bond motifs is 3. The van der Waals surface area contributed by atoms with Crippen molar-refractivity contribution in [1.82, 2.24) is 4.98 Å². The van der Waals surface area contributed by atoms with Crippen LogP contribution in [0, 0.1) is 0 Å². The van der Waals surface area contributed by atoms with Crippen molar-refractivity contribution in [2.24, 2.45) is 0 Å². The molecule has 1 aliphatic carbocycles. The summed E-state index contributed by atoms with van der Waals surface area (Å²) < 4.78 is 5.84. The maximum atomic E-state index is 11.5. The monoisotopic (exact) mass is 264 g/mol. The average molecular weight is 264 g/mol. The van der Waals surface area contributed by atoms with Gasteiger partial charge in [-0.25, -0.2) is 4.98 Å². The van der Waals surface area contributed by atoms with Gasteiger partial charge in [-0.3, -0.25) is 4.79 Å². The molecule has 0 atom stereocenters. The van der Waals surface area contributed by atoms with Crippen LogP contribution in [0.15, 0.2) is 46.9 Å². The zero-order valence-electron chi connectivity index (χ0n) is 10.7. The molecule has 1 aliphatic heterocycles. The van der Waals surface area contributed by atoms with Crippen LogP contribution in [0.2, 0.25) is 0 Å². The fourth-order valence-corrected chi connectivity index (χ4v) is 2.57. The number of nitrogens with zero attached hydrogens (tertiary/aromatic N) is 1. The molecule has 0 bridgehead atoms. The van der Waals surface area contributed by atoms with E-state index in [2.05, 4.69) is 16.4 Å². The Hall–Kier alpha value is -2.62. The number of amides is 1. The molecule has 4 nitrogen and oxygen atoms in total. The zero-order chi connectivity index (χ0) is 13.5. The molecular formula is C16H12N2O2. The molecule has 2 heterocycles. The smallest absolute Gasteiger partial charge is 0.228 e. The summed E-state index contributed by atoms with van der Waals surface area (Å²) in [6.07, 6.45) is 11.2. The van der Waals surface area contributed by atoms with Gasteiger partial charge in [0.05, 0.1) is 6.42 Å². The maximum Gasteiger partial charge on any atom is 0.228 e. The van der Waals surface area contributed by atoms with Crippen molar-refractivity contribution in [3.8, 4) is 0 Å². The first-order chi connectivity index (χ1) is 9.81. The topological polar surface area (TPSA) is 55.1 Å². The standard InChI is InChI=1S/C16H12N2O2/c19-14-9-11-12(17-14)7-8-13-15(11)18-16(20-13)10-5-3-1-2-4-6-10/h1-5,7-8H,6,9H2,(H,17,19). The fraction of sp³-hybridized carbons (Fsp3) is 0.125. The number of anilines is 1. The van der Waals surface area contributed by atoms with Crippen LogP contribution in [0.25, 0.3) is 16.7 Å². The number of nitrogens with one attached hydrogen (secondary N) is 1. The number of aromatic nitrogens is 1. The Morgan fingerprint density at radius 2 is 2.15 bits per heavy atom. The molecule has 4 rings (SSSR count). The molecular weight excluding hydrogens is 252 g/mol. The lowest BCUT2D eigenvalue weighted by Crippen LogP contribution is -2.03. The summed E-state index contributed by atoms with van der Waals surface area (Å²) in [4.78, 5) is 16.1. The lowest BCUT2D eigenvalue weighted by Gasteiger charge is -1.95. The second-order valence-corrected chi connectivity index (χ2v) is 4.89. The van der Waals surface area contributed by atoms with E-state index in [9.17, 15) is 4.79 Å². The molecule has 0 saturated carbocycles. The molecule has 4 heteroatoms. The van der Waals surface area contributed by atoms with Gasteiger partial charge in [-0.1, -0.05) is 30.4 Å². The Kier molecular flexibility index (Phi) is 2.36. The van der Waals surface area contributed by atoms with Crippen molar-refractivity contribution in [3.05, 3.63) is 54.0 Å². The Morgan fingerprint density at radius 1 is 1.20 bits per heavy atom. The molecule has 2 aromatic rings. The van der Waals surface area contributed by atoms with Crippen molar-refractivity contribution in [2.75, 3.05) is 5.32 Å². The van der Waals surface area contributed by atoms with Crippen LogP contribution in [0.4, 0.5) is 5.69 Å². The molecule has 1 amide bonds. The first kappa shape index (κ1) is 11.2. The Balaban J connectivity index is 1.86. The van der Waals surface area contributed by atoms with Crippen molar-refractivity contribution in [3.63, 3.8) is 0 Å². The molecule has 0 saturated heterocycles. The minimum absolute atomic E-state index is 0.0107. The third-order valence-corrected chi connectivity index (χ3v) is 3.55. The number of hydrogen-bond acceptors (Lipinski definition) is 3. The third kappa shape index (κ3) is 1.69. The highest BCUT2D eigenvalue weighted by molar-refractivity contribution is 6.04. The highest BCUT2D eigenvalue weighted by atomic mass is 16.3. The molecule has 1 N–H and O–H groups in total. The first-order valence-corrected chi connectivity index (χ1v) is 6.56. The number of carbonyl (C=O) groups is 1. The van der Waals surface area contributed by atoms with Gasteiger partial charge in [-0.05, 0) is 18.6 Å². The summed E-state index contributed by atoms with van der Waals surface area (Å²) in [6, 6.07) is 3.73. The van der Waals surface area contributed by atoms with E-state index in [0.29, 0.717) is 12.3 Å². The normalized spacial score (nSPS) is 17.0. The first-order valence-electron chi connectivity index (χ1n) is 6.56. The highest BCUT2D eigenvalue weighted by Crippen LogP contribution is 2.33. The summed E-state index contributed by atoms with van der Waals surface area (Å²) in [6.45, 7) is 0. The van der Waals surface area contributed by atoms with Crippen molar-refractivity contribution in [2.45, 2.75) is 12.8 Å². The summed E-state index contributed by atoms with van der Waals surface area (Å²) in [7, 11) is 0. The number of rotatable bonds is 1. The van der Waals surface area contributed by atoms with Gasteiger partial charge in [0.15, 0.2) is 5.58 Å². The van der Waals surface area contributed by atoms with Gasteiger partial charge in [-0.15, -0.1) is 0 Å². The minimum atomic E-state index is 0.0107. The quantitative estimate of drug-likeness (QED) is 0.860. The second-order valence-electron chi connectivity index (χ2n) is 4.89. The predicted molar refractivity (Wildman–Crippen MR) is 77.2 cm³/mol. The molecule has 98 valence electrons. The van der Waals surface area contributed by atoms with E-state index >= 15 is 0 Å². The number of hydrogen-bond donors (Lipinski definition) is 1. The van der Waals surface area contributed by atoms with Crippen LogP contribution in [0.1, 0.15) is 17.9 Å². The van der Waals surface area contributed by atoms with Crippen LogP contribution < -0.4 is 5.32 Å². The Bertz CT molecular complexity index is 809. The SMILES string of the molecule is O=C1Cc2c(ccc3oc(C4=CC=CC=CC4)nc23)N1. The number of allylic oxidation sites excluding steroid dienone is 6. The summed E-state index contributed by atoms with van der Waals surface area (Å²) in [5.74, 6) is 0.639. The Labute approximate surface area is 115 Å². The molecule has 0 unspecified atom stereocenters. The molecule has 1 aromatic heterocycles. The van der Waals surface area contributed by atoms with Crippen LogP contribution in [-0.4, -0.2) is 10.9 Å². The molecule has 0 spiro atoms. The largest absolute Gasteiger partial charge is 0.436 e. The van der Waals surface area contributed by atoms with E-state index in [1.807, 2.05) is 36.4 Å². The van der Waals surface area contributed by atoms with Crippen LogP contribution in [-0.2, 0) is 11.2 Å². The summed E-state index contributed by atoms with van der Waals surface area (Å²) in [5.41, 5.74) is 4.33. The van der Waals surface area contributed by atoms with Crippen molar-refractivity contribution in [1.29, 1.82) is 0 Å². The fourth-order valence-electron chi connectivity index (χ4n) is 2.57. The number of oxazole rings is 1. The number of benzene rings is 1. The van der Waals surface area contributed by atoms with E-state index in [1.165, 1.54) is 0 Å². The van der Waals surface area contributed by atoms with E-state index in [-0.39, 0.29) is 5.91 Å². The van der Waals surface area contributed by atoms with Gasteiger partial charge in [0, 0.05) is 16.8 Å². The van der Waals surface area contributed by atoms with Gasteiger partial charge in [0.2, 0.25) is 11.8 Å². The van der Waals surface area contributed by atoms with Crippen LogP contribution in [0.3, 0.4) is 0 Å². The van der Waals surface area contributed by atoms with Gasteiger partial charge in [-0.2, -0.15) is 0 Å². The average Bonchev–Trinajstić information content (AvgIpc) is 2.92. The van der Waals surface area contributed by atoms with Gasteiger partial charge in [0.25, 0.3) is 0 Å². The van der Waals surface area contributed by atoms with Crippen LogP contribution in [0.5, 0.6) is 0 Å². The minimum Gasteiger partial charge on any atom is -0.436 e. The molecule has 0 radical (unpaired) electrons. The molecule has 20 heavy (non-hydrogen) atoms. The highest BCUT2D eigenvalue weighted by Gasteiger charge is 2.23. The Morgan fingerprint density at radius 3 is 3.10 bits per heavy atom. The maximum absolute atomic E-state index is 11.5. The summed E-state index contributed by atoms with van der Waals surface area (Å²) >= 11 is 0. The predicted octanol–water partition coefficient (Wildman–Crippen LogP) is 3.22. The van der Waals surface area contributed by atoms with Gasteiger partial charge >= 0.3 is 0 Å². The second kappa shape index (κ2) is 4.20. The zero-order valence-corrected chi connectivity index (χ0v) is 10.7. The van der Waals surface area contributed by atoms with Crippen molar-refractivity contribution >= 4 is 28.3 Å². The number of carbonyl (C=O) groups excluding carboxylic acids is 1. The summed E-state index contributed by atoms with van der Waals surface area (Å²) in [5, 5.41) is 2.83. The molecule has 0 fully saturated rings. The molecule has 2 aliphatic rings. The van der Waals surface area contributed by atoms with Gasteiger partial charge in [0.1, 0.15) is 5.52 Å². The third-order valence-electron chi connectivity index (χ3n) is 3.55. The molecule has 1 aromatic carbocycles. The van der Waals surface area contributed by atoms with E-state index in [0.717, 1.165) is 34.3 Å². The lowest BCUT2D eigenvalue weighted by molar-refractivity contribution is -0.115. The van der Waals surface area contributed by atoms with Crippen molar-refractivity contribution < 1.29 is 9.21 Å².